The Morgan fingerprint density at radius 2 is 2.00 bits per heavy atom. The van der Waals surface area contributed by atoms with Gasteiger partial charge in [0, 0.05) is 51.6 Å². The van der Waals surface area contributed by atoms with E-state index in [9.17, 15) is 4.79 Å². The van der Waals surface area contributed by atoms with Gasteiger partial charge in [0.2, 0.25) is 5.91 Å². The second kappa shape index (κ2) is 8.85. The van der Waals surface area contributed by atoms with Gasteiger partial charge in [-0.2, -0.15) is 0 Å². The number of aromatic nitrogens is 2. The highest BCUT2D eigenvalue weighted by molar-refractivity contribution is 5.73. The smallest absolute Gasteiger partial charge is 0.219 e. The van der Waals surface area contributed by atoms with Gasteiger partial charge in [-0.1, -0.05) is 18.2 Å². The molecule has 1 aromatic carbocycles. The van der Waals surface area contributed by atoms with Gasteiger partial charge in [-0.25, -0.2) is 4.98 Å². The topological polar surface area (TPSA) is 50.6 Å². The molecule has 0 N–H and O–H groups in total. The summed E-state index contributed by atoms with van der Waals surface area (Å²) in [4.78, 5) is 20.7. The maximum Gasteiger partial charge on any atom is 0.219 e. The zero-order valence-corrected chi connectivity index (χ0v) is 15.7. The molecule has 1 amide bonds. The Morgan fingerprint density at radius 1 is 1.19 bits per heavy atom. The minimum atomic E-state index is 0.113. The Morgan fingerprint density at radius 3 is 2.77 bits per heavy atom. The first-order valence-electron chi connectivity index (χ1n) is 9.28. The van der Waals surface area contributed by atoms with Crippen LogP contribution in [0.1, 0.15) is 31.2 Å². The predicted molar refractivity (Wildman–Crippen MR) is 101 cm³/mol. The molecule has 6 nitrogen and oxygen atoms in total. The number of benzene rings is 1. The van der Waals surface area contributed by atoms with Crippen LogP contribution in [0.25, 0.3) is 0 Å². The van der Waals surface area contributed by atoms with Crippen molar-refractivity contribution in [3.05, 3.63) is 48.0 Å². The summed E-state index contributed by atoms with van der Waals surface area (Å²) in [5.41, 5.74) is 1.07. The van der Waals surface area contributed by atoms with Gasteiger partial charge in [-0.15, -0.1) is 0 Å². The monoisotopic (exact) mass is 356 g/mol. The number of para-hydroxylation sites is 1. The largest absolute Gasteiger partial charge is 0.492 e. The lowest BCUT2D eigenvalue weighted by Crippen LogP contribution is -2.33. The summed E-state index contributed by atoms with van der Waals surface area (Å²) in [6.07, 6.45) is 5.86. The van der Waals surface area contributed by atoms with Crippen molar-refractivity contribution in [1.82, 2.24) is 19.4 Å². The molecular weight excluding hydrogens is 328 g/mol. The van der Waals surface area contributed by atoms with Gasteiger partial charge < -0.3 is 14.2 Å². The van der Waals surface area contributed by atoms with E-state index in [0.29, 0.717) is 13.2 Å². The zero-order valence-electron chi connectivity index (χ0n) is 15.7. The van der Waals surface area contributed by atoms with Crippen LogP contribution in [0.15, 0.2) is 36.7 Å². The number of ether oxygens (including phenoxy) is 1. The molecular formula is C20H28N4O2. The molecule has 2 heterocycles. The lowest BCUT2D eigenvalue weighted by Gasteiger charge is -2.26. The molecule has 0 atom stereocenters. The molecule has 26 heavy (non-hydrogen) atoms. The number of carbonyl (C=O) groups excluding carboxylic acids is 1. The van der Waals surface area contributed by atoms with E-state index >= 15 is 0 Å². The van der Waals surface area contributed by atoms with Crippen LogP contribution in [0.4, 0.5) is 0 Å². The first-order valence-corrected chi connectivity index (χ1v) is 9.28. The molecule has 0 saturated heterocycles. The van der Waals surface area contributed by atoms with Crippen LogP contribution in [0.5, 0.6) is 5.75 Å². The van der Waals surface area contributed by atoms with Crippen molar-refractivity contribution in [2.24, 2.45) is 7.05 Å². The van der Waals surface area contributed by atoms with Crippen molar-refractivity contribution in [2.45, 2.75) is 32.9 Å². The number of hydrogen-bond acceptors (Lipinski definition) is 4. The fourth-order valence-electron chi connectivity index (χ4n) is 3.27. The van der Waals surface area contributed by atoms with E-state index in [1.165, 1.54) is 0 Å². The molecule has 0 fully saturated rings. The summed E-state index contributed by atoms with van der Waals surface area (Å²) in [5.74, 6) is 2.04. The molecule has 6 heteroatoms. The van der Waals surface area contributed by atoms with Gasteiger partial charge in [0.25, 0.3) is 0 Å². The third kappa shape index (κ3) is 4.85. The van der Waals surface area contributed by atoms with Gasteiger partial charge in [-0.3, -0.25) is 9.69 Å². The first-order chi connectivity index (χ1) is 12.6. The highest BCUT2D eigenvalue weighted by atomic mass is 16.5. The number of hydrogen-bond donors (Lipinski definition) is 0. The Labute approximate surface area is 155 Å². The van der Waals surface area contributed by atoms with Crippen LogP contribution in [-0.2, 0) is 24.9 Å². The number of carbonyl (C=O) groups is 1. The number of aryl methyl sites for hydroxylation is 1. The maximum atomic E-state index is 12.0. The van der Waals surface area contributed by atoms with Gasteiger partial charge in [0.05, 0.1) is 6.54 Å². The van der Waals surface area contributed by atoms with Gasteiger partial charge in [0.1, 0.15) is 18.2 Å². The predicted octanol–water partition coefficient (Wildman–Crippen LogP) is 2.44. The van der Waals surface area contributed by atoms with Crippen LogP contribution in [0.2, 0.25) is 0 Å². The maximum absolute atomic E-state index is 12.0. The SMILES string of the molecule is CC(=O)N1CCCCN(Cc2nccn2C)CCOc2ccccc2C1. The Kier molecular flexibility index (Phi) is 6.28. The van der Waals surface area contributed by atoms with Crippen LogP contribution < -0.4 is 4.74 Å². The Hall–Kier alpha value is -2.34. The van der Waals surface area contributed by atoms with E-state index in [1.807, 2.05) is 48.6 Å². The minimum Gasteiger partial charge on any atom is -0.492 e. The van der Waals surface area contributed by atoms with E-state index < -0.39 is 0 Å². The molecule has 1 aliphatic heterocycles. The van der Waals surface area contributed by atoms with Gasteiger partial charge >= 0.3 is 0 Å². The molecule has 0 unspecified atom stereocenters. The fourth-order valence-corrected chi connectivity index (χ4v) is 3.27. The second-order valence-corrected chi connectivity index (χ2v) is 6.83. The normalized spacial score (nSPS) is 16.9. The molecule has 140 valence electrons. The van der Waals surface area contributed by atoms with E-state index in [4.69, 9.17) is 4.74 Å². The molecule has 0 radical (unpaired) electrons. The summed E-state index contributed by atoms with van der Waals surface area (Å²) in [7, 11) is 2.02. The van der Waals surface area contributed by atoms with Crippen LogP contribution in [-0.4, -0.2) is 51.5 Å². The first kappa shape index (κ1) is 18.5. The summed E-state index contributed by atoms with van der Waals surface area (Å²) < 4.78 is 8.12. The van der Waals surface area contributed by atoms with Crippen molar-refractivity contribution in [1.29, 1.82) is 0 Å². The molecule has 0 aliphatic carbocycles. The number of amides is 1. The van der Waals surface area contributed by atoms with E-state index in [0.717, 1.165) is 56.2 Å². The highest BCUT2D eigenvalue weighted by Crippen LogP contribution is 2.21. The number of fused-ring (bicyclic) bond motifs is 1. The number of nitrogens with zero attached hydrogens (tertiary/aromatic N) is 4. The van der Waals surface area contributed by atoms with Crippen molar-refractivity contribution in [2.75, 3.05) is 26.2 Å². The average molecular weight is 356 g/mol. The van der Waals surface area contributed by atoms with Crippen LogP contribution in [0.3, 0.4) is 0 Å². The molecule has 1 aliphatic rings. The summed E-state index contributed by atoms with van der Waals surface area (Å²) in [6, 6.07) is 8.01. The van der Waals surface area contributed by atoms with E-state index in [2.05, 4.69) is 14.5 Å². The van der Waals surface area contributed by atoms with Gasteiger partial charge in [0.15, 0.2) is 0 Å². The highest BCUT2D eigenvalue weighted by Gasteiger charge is 2.15. The molecule has 2 aromatic rings. The number of imidazole rings is 1. The Balaban J connectivity index is 1.72. The average Bonchev–Trinajstić information content (AvgIpc) is 3.01. The fraction of sp³-hybridized carbons (Fsp3) is 0.500. The molecule has 0 spiro atoms. The summed E-state index contributed by atoms with van der Waals surface area (Å²) >= 11 is 0. The lowest BCUT2D eigenvalue weighted by atomic mass is 10.1. The van der Waals surface area contributed by atoms with Crippen LogP contribution >= 0.6 is 0 Å². The standard InChI is InChI=1S/C20H28N4O2/c1-17(25)24-11-6-5-10-23(16-20-21-9-12-22(20)2)13-14-26-19-8-4-3-7-18(19)15-24/h3-4,7-9,12H,5-6,10-11,13-16H2,1-2H3. The minimum absolute atomic E-state index is 0.113. The van der Waals surface area contributed by atoms with E-state index in [-0.39, 0.29) is 5.91 Å². The molecule has 1 aromatic heterocycles. The van der Waals surface area contributed by atoms with Crippen molar-refractivity contribution in [3.8, 4) is 5.75 Å². The third-order valence-corrected chi connectivity index (χ3v) is 4.88. The molecule has 3 rings (SSSR count). The summed E-state index contributed by atoms with van der Waals surface area (Å²) in [5, 5.41) is 0. The van der Waals surface area contributed by atoms with Crippen LogP contribution in [0, 0.1) is 0 Å². The van der Waals surface area contributed by atoms with Crippen molar-refractivity contribution >= 4 is 5.91 Å². The summed E-state index contributed by atoms with van der Waals surface area (Å²) in [6.45, 7) is 6.30. The van der Waals surface area contributed by atoms with Crippen molar-refractivity contribution in [3.63, 3.8) is 0 Å². The molecule has 0 saturated carbocycles. The lowest BCUT2D eigenvalue weighted by molar-refractivity contribution is -0.129. The van der Waals surface area contributed by atoms with Gasteiger partial charge in [-0.05, 0) is 25.5 Å². The van der Waals surface area contributed by atoms with E-state index in [1.54, 1.807) is 6.92 Å². The zero-order chi connectivity index (χ0) is 18.4. The van der Waals surface area contributed by atoms with Crippen molar-refractivity contribution < 1.29 is 9.53 Å². The second-order valence-electron chi connectivity index (χ2n) is 6.83. The Bertz CT molecular complexity index is 728. The quantitative estimate of drug-likeness (QED) is 0.829. The number of rotatable bonds is 2. The molecule has 0 bridgehead atoms. The third-order valence-electron chi connectivity index (χ3n) is 4.88.